The van der Waals surface area contributed by atoms with E-state index >= 15 is 0 Å². The van der Waals surface area contributed by atoms with E-state index in [9.17, 15) is 13.2 Å². The first-order valence-electron chi connectivity index (χ1n) is 6.85. The van der Waals surface area contributed by atoms with E-state index in [1.165, 1.54) is 0 Å². The van der Waals surface area contributed by atoms with Crippen molar-refractivity contribution in [2.45, 2.75) is 32.5 Å². The molecule has 1 saturated heterocycles. The van der Waals surface area contributed by atoms with Gasteiger partial charge in [-0.05, 0) is 44.3 Å². The standard InChI is InChI=1S/C13H18ClF3N4/c1-8(2)21-4-3-9(7-21)6-18-11-5-10(13(15,16)17)19-12(14)20-11/h5,8-9H,3-4,6-7H2,1-2H3,(H,18,19,20). The zero-order valence-electron chi connectivity index (χ0n) is 11.9. The minimum atomic E-state index is -4.52. The predicted molar refractivity (Wildman–Crippen MR) is 75.3 cm³/mol. The Kier molecular flexibility index (Phi) is 4.93. The summed E-state index contributed by atoms with van der Waals surface area (Å²) in [5, 5.41) is 2.54. The number of nitrogens with one attached hydrogen (secondary N) is 1. The van der Waals surface area contributed by atoms with Gasteiger partial charge in [0, 0.05) is 25.2 Å². The van der Waals surface area contributed by atoms with Gasteiger partial charge >= 0.3 is 6.18 Å². The molecule has 1 aromatic heterocycles. The summed E-state index contributed by atoms with van der Waals surface area (Å²) in [6.45, 7) is 6.80. The molecule has 0 radical (unpaired) electrons. The van der Waals surface area contributed by atoms with Crippen LogP contribution >= 0.6 is 11.6 Å². The summed E-state index contributed by atoms with van der Waals surface area (Å²) >= 11 is 5.55. The molecule has 1 N–H and O–H groups in total. The summed E-state index contributed by atoms with van der Waals surface area (Å²) in [7, 11) is 0. The van der Waals surface area contributed by atoms with E-state index in [0.717, 1.165) is 25.6 Å². The second-order valence-corrected chi connectivity index (χ2v) is 5.87. The molecule has 0 bridgehead atoms. The predicted octanol–water partition coefficient (Wildman–Crippen LogP) is 3.29. The normalized spacial score (nSPS) is 20.2. The maximum atomic E-state index is 12.6. The molecule has 118 valence electrons. The second-order valence-electron chi connectivity index (χ2n) is 5.53. The van der Waals surface area contributed by atoms with Crippen LogP contribution in [0.5, 0.6) is 0 Å². The first kappa shape index (κ1) is 16.3. The fraction of sp³-hybridized carbons (Fsp3) is 0.692. The highest BCUT2D eigenvalue weighted by Gasteiger charge is 2.33. The van der Waals surface area contributed by atoms with Crippen molar-refractivity contribution in [2.75, 3.05) is 25.0 Å². The molecule has 0 spiro atoms. The fourth-order valence-electron chi connectivity index (χ4n) is 2.40. The van der Waals surface area contributed by atoms with Crippen molar-refractivity contribution >= 4 is 17.4 Å². The zero-order chi connectivity index (χ0) is 15.6. The van der Waals surface area contributed by atoms with Crippen LogP contribution in [0, 0.1) is 5.92 Å². The van der Waals surface area contributed by atoms with E-state index in [1.807, 2.05) is 0 Å². The van der Waals surface area contributed by atoms with Gasteiger partial charge in [0.2, 0.25) is 5.28 Å². The molecule has 1 atom stereocenters. The van der Waals surface area contributed by atoms with Crippen LogP contribution in [0.4, 0.5) is 19.0 Å². The fourth-order valence-corrected chi connectivity index (χ4v) is 2.58. The van der Waals surface area contributed by atoms with E-state index in [1.54, 1.807) is 0 Å². The van der Waals surface area contributed by atoms with Gasteiger partial charge in [-0.2, -0.15) is 13.2 Å². The lowest BCUT2D eigenvalue weighted by Gasteiger charge is -2.20. The van der Waals surface area contributed by atoms with E-state index in [4.69, 9.17) is 11.6 Å². The Labute approximate surface area is 126 Å². The van der Waals surface area contributed by atoms with Crippen molar-refractivity contribution < 1.29 is 13.2 Å². The van der Waals surface area contributed by atoms with Gasteiger partial charge in [-0.3, -0.25) is 0 Å². The van der Waals surface area contributed by atoms with Crippen molar-refractivity contribution in [2.24, 2.45) is 5.92 Å². The summed E-state index contributed by atoms with van der Waals surface area (Å²) in [4.78, 5) is 9.34. The smallest absolute Gasteiger partial charge is 0.370 e. The number of hydrogen-bond acceptors (Lipinski definition) is 4. The molecule has 4 nitrogen and oxygen atoms in total. The number of likely N-dealkylation sites (tertiary alicyclic amines) is 1. The van der Waals surface area contributed by atoms with E-state index < -0.39 is 17.2 Å². The number of rotatable bonds is 4. The molecular weight excluding hydrogens is 305 g/mol. The summed E-state index contributed by atoms with van der Waals surface area (Å²) in [6, 6.07) is 1.38. The van der Waals surface area contributed by atoms with Crippen LogP contribution in [0.15, 0.2) is 6.07 Å². The van der Waals surface area contributed by atoms with Crippen LogP contribution < -0.4 is 5.32 Å². The minimum absolute atomic E-state index is 0.116. The Morgan fingerprint density at radius 1 is 1.43 bits per heavy atom. The molecule has 21 heavy (non-hydrogen) atoms. The molecule has 1 aromatic rings. The summed E-state index contributed by atoms with van der Waals surface area (Å²) in [5.41, 5.74) is -1.03. The van der Waals surface area contributed by atoms with Gasteiger partial charge in [-0.15, -0.1) is 0 Å². The number of aromatic nitrogens is 2. The van der Waals surface area contributed by atoms with Gasteiger partial charge in [0.25, 0.3) is 0 Å². The van der Waals surface area contributed by atoms with Crippen molar-refractivity contribution in [3.63, 3.8) is 0 Å². The molecule has 1 aliphatic rings. The Hall–Kier alpha value is -1.08. The molecule has 8 heteroatoms. The third-order valence-corrected chi connectivity index (χ3v) is 3.78. The van der Waals surface area contributed by atoms with Gasteiger partial charge in [-0.1, -0.05) is 0 Å². The molecule has 0 amide bonds. The van der Waals surface area contributed by atoms with Crippen LogP contribution in [-0.4, -0.2) is 40.5 Å². The maximum absolute atomic E-state index is 12.6. The largest absolute Gasteiger partial charge is 0.433 e. The number of alkyl halides is 3. The molecule has 0 aromatic carbocycles. The molecule has 0 aliphatic carbocycles. The second kappa shape index (κ2) is 6.36. The minimum Gasteiger partial charge on any atom is -0.370 e. The highest BCUT2D eigenvalue weighted by atomic mass is 35.5. The van der Waals surface area contributed by atoms with Crippen LogP contribution in [0.3, 0.4) is 0 Å². The summed E-state index contributed by atoms with van der Waals surface area (Å²) < 4.78 is 37.9. The first-order chi connectivity index (χ1) is 9.75. The Morgan fingerprint density at radius 3 is 2.71 bits per heavy atom. The maximum Gasteiger partial charge on any atom is 0.433 e. The lowest BCUT2D eigenvalue weighted by Crippen LogP contribution is -2.29. The molecule has 0 saturated carbocycles. The van der Waals surface area contributed by atoms with Crippen molar-refractivity contribution in [3.8, 4) is 0 Å². The Balaban J connectivity index is 1.96. The van der Waals surface area contributed by atoms with E-state index in [0.29, 0.717) is 18.5 Å². The van der Waals surface area contributed by atoms with Crippen LogP contribution in [0.2, 0.25) is 5.28 Å². The van der Waals surface area contributed by atoms with Crippen LogP contribution in [0.25, 0.3) is 0 Å². The summed E-state index contributed by atoms with van der Waals surface area (Å²) in [5.74, 6) is 0.515. The number of halogens is 4. The lowest BCUT2D eigenvalue weighted by molar-refractivity contribution is -0.141. The average Bonchev–Trinajstić information content (AvgIpc) is 2.83. The zero-order valence-corrected chi connectivity index (χ0v) is 12.7. The van der Waals surface area contributed by atoms with Gasteiger partial charge in [0.15, 0.2) is 5.69 Å². The molecule has 1 fully saturated rings. The van der Waals surface area contributed by atoms with E-state index in [-0.39, 0.29) is 5.82 Å². The quantitative estimate of drug-likeness (QED) is 0.864. The molecule has 1 aliphatic heterocycles. The number of nitrogens with zero attached hydrogens (tertiary/aromatic N) is 3. The van der Waals surface area contributed by atoms with Gasteiger partial charge in [0.1, 0.15) is 5.82 Å². The third-order valence-electron chi connectivity index (χ3n) is 3.61. The van der Waals surface area contributed by atoms with Crippen LogP contribution in [-0.2, 0) is 6.18 Å². The monoisotopic (exact) mass is 322 g/mol. The lowest BCUT2D eigenvalue weighted by atomic mass is 10.1. The van der Waals surface area contributed by atoms with Crippen molar-refractivity contribution in [3.05, 3.63) is 17.0 Å². The van der Waals surface area contributed by atoms with Crippen molar-refractivity contribution in [1.82, 2.24) is 14.9 Å². The molecule has 1 unspecified atom stereocenters. The van der Waals surface area contributed by atoms with Gasteiger partial charge in [-0.25, -0.2) is 9.97 Å². The summed E-state index contributed by atoms with van der Waals surface area (Å²) in [6.07, 6.45) is -3.50. The third kappa shape index (κ3) is 4.44. The Morgan fingerprint density at radius 2 is 2.14 bits per heavy atom. The first-order valence-corrected chi connectivity index (χ1v) is 7.23. The van der Waals surface area contributed by atoms with Crippen LogP contribution in [0.1, 0.15) is 26.0 Å². The molecule has 2 rings (SSSR count). The number of anilines is 1. The SMILES string of the molecule is CC(C)N1CCC(CNc2cc(C(F)(F)F)nc(Cl)n2)C1. The highest BCUT2D eigenvalue weighted by molar-refractivity contribution is 6.28. The molecule has 2 heterocycles. The topological polar surface area (TPSA) is 41.0 Å². The van der Waals surface area contributed by atoms with Gasteiger partial charge < -0.3 is 10.2 Å². The number of hydrogen-bond donors (Lipinski definition) is 1. The molecular formula is C13H18ClF3N4. The highest BCUT2D eigenvalue weighted by Crippen LogP contribution is 2.29. The van der Waals surface area contributed by atoms with Crippen molar-refractivity contribution in [1.29, 1.82) is 0 Å². The van der Waals surface area contributed by atoms with E-state index in [2.05, 4.69) is 34.0 Å². The average molecular weight is 323 g/mol. The Bertz CT molecular complexity index is 493. The van der Waals surface area contributed by atoms with Gasteiger partial charge in [0.05, 0.1) is 0 Å².